The van der Waals surface area contributed by atoms with E-state index in [0.717, 1.165) is 0 Å². The summed E-state index contributed by atoms with van der Waals surface area (Å²) in [5.74, 6) is -1.39. The number of carbonyl (C=O) groups excluding carboxylic acids is 1. The molecule has 2 heterocycles. The van der Waals surface area contributed by atoms with Crippen molar-refractivity contribution in [3.8, 4) is 0 Å². The van der Waals surface area contributed by atoms with Crippen LogP contribution in [0.2, 0.25) is 0 Å². The van der Waals surface area contributed by atoms with E-state index in [9.17, 15) is 30.3 Å². The number of ether oxygens (including phenoxy) is 3. The van der Waals surface area contributed by atoms with Gasteiger partial charge in [0, 0.05) is 11.8 Å². The Balaban J connectivity index is 1.61. The summed E-state index contributed by atoms with van der Waals surface area (Å²) in [7, 11) is 0. The van der Waals surface area contributed by atoms with E-state index < -0.39 is 55.6 Å². The van der Waals surface area contributed by atoms with E-state index in [2.05, 4.69) is 13.2 Å². The SMILES string of the molecule is C=C1[C@@H]2[C@H]3OC(=O)[C@@H](C)[C@@H]3C[C@@H](O[C@@H]3O[C@H](CO)[C@@H](O)[C@H](O)[C@H]3O)C(=C)[C@@H]2C[C@@H]1O. The summed E-state index contributed by atoms with van der Waals surface area (Å²) < 4.78 is 17.2. The number of carbonyl (C=O) groups is 1. The summed E-state index contributed by atoms with van der Waals surface area (Å²) in [6.07, 6.45) is -8.03. The number of aliphatic hydroxyl groups is 5. The smallest absolute Gasteiger partial charge is 0.309 e. The highest BCUT2D eigenvalue weighted by Gasteiger charge is 2.56. The molecular weight excluding hydrogens is 396 g/mol. The first-order valence-electron chi connectivity index (χ1n) is 10.4. The molecule has 9 heteroatoms. The lowest BCUT2D eigenvalue weighted by Gasteiger charge is -2.41. The zero-order chi connectivity index (χ0) is 21.9. The van der Waals surface area contributed by atoms with Crippen LogP contribution in [0, 0.1) is 23.7 Å². The van der Waals surface area contributed by atoms with E-state index in [1.165, 1.54) is 0 Å². The van der Waals surface area contributed by atoms with E-state index in [4.69, 9.17) is 14.2 Å². The first-order valence-corrected chi connectivity index (χ1v) is 10.4. The quantitative estimate of drug-likeness (QED) is 0.279. The van der Waals surface area contributed by atoms with Crippen LogP contribution in [0.15, 0.2) is 24.3 Å². The number of rotatable bonds is 3. The molecule has 2 saturated heterocycles. The number of aliphatic hydroxyl groups excluding tert-OH is 5. The molecule has 0 radical (unpaired) electrons. The molecule has 5 N–H and O–H groups in total. The van der Waals surface area contributed by atoms with Gasteiger partial charge in [0.05, 0.1) is 24.7 Å². The van der Waals surface area contributed by atoms with Crippen LogP contribution in [0.4, 0.5) is 0 Å². The Hall–Kier alpha value is -1.33. The van der Waals surface area contributed by atoms with Crippen molar-refractivity contribution >= 4 is 5.97 Å². The van der Waals surface area contributed by atoms with Crippen LogP contribution >= 0.6 is 0 Å². The van der Waals surface area contributed by atoms with Crippen molar-refractivity contribution in [2.45, 2.75) is 68.8 Å². The van der Waals surface area contributed by atoms with Gasteiger partial charge in [-0.2, -0.15) is 0 Å². The molecule has 12 atom stereocenters. The van der Waals surface area contributed by atoms with Crippen molar-refractivity contribution in [1.82, 2.24) is 0 Å². The summed E-state index contributed by atoms with van der Waals surface area (Å²) in [6, 6.07) is 0. The van der Waals surface area contributed by atoms with Crippen molar-refractivity contribution in [3.05, 3.63) is 24.3 Å². The molecule has 0 aromatic heterocycles. The van der Waals surface area contributed by atoms with Gasteiger partial charge >= 0.3 is 5.97 Å². The Morgan fingerprint density at radius 3 is 2.43 bits per heavy atom. The van der Waals surface area contributed by atoms with Crippen molar-refractivity contribution in [2.75, 3.05) is 6.61 Å². The van der Waals surface area contributed by atoms with Gasteiger partial charge in [-0.25, -0.2) is 0 Å². The second kappa shape index (κ2) is 7.98. The van der Waals surface area contributed by atoms with Crippen molar-refractivity contribution < 1.29 is 44.5 Å². The van der Waals surface area contributed by atoms with E-state index >= 15 is 0 Å². The zero-order valence-corrected chi connectivity index (χ0v) is 16.8. The molecule has 2 aliphatic carbocycles. The van der Waals surface area contributed by atoms with Gasteiger partial charge in [-0.05, 0) is 29.9 Å². The minimum Gasteiger partial charge on any atom is -0.461 e. The summed E-state index contributed by atoms with van der Waals surface area (Å²) in [6.45, 7) is 9.44. The second-order valence-corrected chi connectivity index (χ2v) is 8.95. The van der Waals surface area contributed by atoms with Crippen LogP contribution in [0.3, 0.4) is 0 Å². The standard InChI is InChI=1S/C21H30O9/c1-7-10-4-12(23)9(3)15(10)19-11(8(2)20(27)30-19)5-13(7)28-21-18(26)17(25)16(24)14(6-22)29-21/h8,10-19,21-26H,1,3-6H2,2H3/t8-,10-,11-,12-,13+,14+,15-,16+,17-,18+,19-,21+/m0/s1. The van der Waals surface area contributed by atoms with E-state index in [1.807, 2.05) is 0 Å². The first-order chi connectivity index (χ1) is 14.1. The zero-order valence-electron chi connectivity index (χ0n) is 16.8. The second-order valence-electron chi connectivity index (χ2n) is 8.95. The average molecular weight is 426 g/mol. The molecule has 168 valence electrons. The molecule has 30 heavy (non-hydrogen) atoms. The van der Waals surface area contributed by atoms with Crippen LogP contribution in [-0.4, -0.2) is 87.1 Å². The summed E-state index contributed by atoms with van der Waals surface area (Å²) in [4.78, 5) is 12.3. The maximum absolute atomic E-state index is 12.3. The largest absolute Gasteiger partial charge is 0.461 e. The third-order valence-electron chi connectivity index (χ3n) is 7.33. The van der Waals surface area contributed by atoms with Crippen molar-refractivity contribution in [2.24, 2.45) is 23.7 Å². The van der Waals surface area contributed by atoms with Gasteiger partial charge in [0.25, 0.3) is 0 Å². The molecule has 0 bridgehead atoms. The number of fused-ring (bicyclic) bond motifs is 3. The van der Waals surface area contributed by atoms with Crippen molar-refractivity contribution in [3.63, 3.8) is 0 Å². The molecule has 4 fully saturated rings. The maximum Gasteiger partial charge on any atom is 0.309 e. The van der Waals surface area contributed by atoms with E-state index in [1.54, 1.807) is 6.92 Å². The lowest BCUT2D eigenvalue weighted by atomic mass is 9.80. The third-order valence-corrected chi connectivity index (χ3v) is 7.33. The third kappa shape index (κ3) is 3.33. The highest BCUT2D eigenvalue weighted by molar-refractivity contribution is 5.75. The summed E-state index contributed by atoms with van der Waals surface area (Å²) >= 11 is 0. The minimum absolute atomic E-state index is 0.207. The number of hydrogen-bond acceptors (Lipinski definition) is 9. The molecule has 4 aliphatic rings. The fourth-order valence-electron chi connectivity index (χ4n) is 5.43. The molecule has 0 aromatic rings. The fraction of sp³-hybridized carbons (Fsp3) is 0.762. The van der Waals surface area contributed by atoms with Crippen LogP contribution < -0.4 is 0 Å². The monoisotopic (exact) mass is 426 g/mol. The van der Waals surface area contributed by atoms with Gasteiger partial charge in [0.15, 0.2) is 6.29 Å². The predicted molar refractivity (Wildman–Crippen MR) is 102 cm³/mol. The molecule has 0 aromatic carbocycles. The average Bonchev–Trinajstić information content (AvgIpc) is 3.12. The van der Waals surface area contributed by atoms with Gasteiger partial charge in [0.1, 0.15) is 30.5 Å². The Kier molecular flexibility index (Phi) is 5.82. The van der Waals surface area contributed by atoms with Crippen LogP contribution in [-0.2, 0) is 19.0 Å². The van der Waals surface area contributed by atoms with Crippen LogP contribution in [0.25, 0.3) is 0 Å². The Morgan fingerprint density at radius 2 is 1.77 bits per heavy atom. The summed E-state index contributed by atoms with van der Waals surface area (Å²) in [5.41, 5.74) is 1.29. The highest BCUT2D eigenvalue weighted by atomic mass is 16.7. The fourth-order valence-corrected chi connectivity index (χ4v) is 5.43. The Bertz CT molecular complexity index is 721. The topological polar surface area (TPSA) is 146 Å². The predicted octanol–water partition coefficient (Wildman–Crippen LogP) is -1.14. The van der Waals surface area contributed by atoms with Gasteiger partial charge < -0.3 is 39.7 Å². The highest BCUT2D eigenvalue weighted by Crippen LogP contribution is 2.53. The molecule has 0 amide bonds. The minimum atomic E-state index is -1.55. The molecule has 9 nitrogen and oxygen atoms in total. The maximum atomic E-state index is 12.3. The Labute approximate surface area is 174 Å². The number of hydrogen-bond donors (Lipinski definition) is 5. The van der Waals surface area contributed by atoms with Crippen LogP contribution in [0.1, 0.15) is 19.8 Å². The molecule has 0 unspecified atom stereocenters. The lowest BCUT2D eigenvalue weighted by molar-refractivity contribution is -0.309. The molecular formula is C21H30O9. The van der Waals surface area contributed by atoms with Gasteiger partial charge in [-0.15, -0.1) is 0 Å². The van der Waals surface area contributed by atoms with Gasteiger partial charge in [-0.3, -0.25) is 4.79 Å². The number of esters is 1. The van der Waals surface area contributed by atoms with Gasteiger partial charge in [-0.1, -0.05) is 20.1 Å². The molecule has 4 rings (SSSR count). The van der Waals surface area contributed by atoms with Gasteiger partial charge in [0.2, 0.25) is 0 Å². The van der Waals surface area contributed by atoms with E-state index in [-0.39, 0.29) is 29.6 Å². The molecule has 0 spiro atoms. The summed E-state index contributed by atoms with van der Waals surface area (Å²) in [5, 5.41) is 50.2. The normalized spacial score (nSPS) is 51.3. The van der Waals surface area contributed by atoms with Crippen LogP contribution in [0.5, 0.6) is 0 Å². The van der Waals surface area contributed by atoms with Crippen molar-refractivity contribution in [1.29, 1.82) is 0 Å². The Morgan fingerprint density at radius 1 is 1.07 bits per heavy atom. The lowest BCUT2D eigenvalue weighted by Crippen LogP contribution is -2.59. The van der Waals surface area contributed by atoms with E-state index in [0.29, 0.717) is 24.0 Å². The molecule has 2 aliphatic heterocycles. The molecule has 2 saturated carbocycles. The first kappa shape index (κ1) is 21.9.